The second-order valence-corrected chi connectivity index (χ2v) is 6.37. The summed E-state index contributed by atoms with van der Waals surface area (Å²) in [4.78, 5) is 12.2. The maximum absolute atomic E-state index is 13.1. The molecule has 7 heteroatoms. The first-order chi connectivity index (χ1) is 11.9. The summed E-state index contributed by atoms with van der Waals surface area (Å²) in [7, 11) is 0. The first-order valence-corrected chi connectivity index (χ1v) is 8.23. The van der Waals surface area contributed by atoms with Crippen LogP contribution in [-0.2, 0) is 6.54 Å². The molecule has 3 aromatic rings. The lowest BCUT2D eigenvalue weighted by atomic mass is 10.2. The number of halogens is 3. The Balaban J connectivity index is 1.75. The van der Waals surface area contributed by atoms with Crippen molar-refractivity contribution in [3.63, 3.8) is 0 Å². The maximum atomic E-state index is 13.1. The molecule has 0 saturated carbocycles. The summed E-state index contributed by atoms with van der Waals surface area (Å²) in [6.07, 6.45) is 0. The van der Waals surface area contributed by atoms with Crippen LogP contribution in [0.1, 0.15) is 21.6 Å². The van der Waals surface area contributed by atoms with Crippen LogP contribution in [0.3, 0.4) is 0 Å². The van der Waals surface area contributed by atoms with Crippen molar-refractivity contribution in [1.82, 2.24) is 9.78 Å². The van der Waals surface area contributed by atoms with Crippen LogP contribution >= 0.6 is 23.2 Å². The Kier molecular flexibility index (Phi) is 5.06. The third-order valence-corrected chi connectivity index (χ3v) is 4.27. The van der Waals surface area contributed by atoms with Crippen LogP contribution in [0.25, 0.3) is 0 Å². The number of amides is 1. The molecule has 0 saturated heterocycles. The van der Waals surface area contributed by atoms with Gasteiger partial charge >= 0.3 is 0 Å². The van der Waals surface area contributed by atoms with Crippen LogP contribution in [0.5, 0.6) is 0 Å². The van der Waals surface area contributed by atoms with Crippen LogP contribution in [0.4, 0.5) is 10.2 Å². The molecule has 4 nitrogen and oxygen atoms in total. The van der Waals surface area contributed by atoms with E-state index in [-0.39, 0.29) is 11.7 Å². The molecule has 3 rings (SSSR count). The van der Waals surface area contributed by atoms with Gasteiger partial charge in [0.2, 0.25) is 0 Å². The molecule has 0 unspecified atom stereocenters. The molecule has 25 heavy (non-hydrogen) atoms. The van der Waals surface area contributed by atoms with Gasteiger partial charge in [-0.25, -0.2) is 4.39 Å². The molecule has 128 valence electrons. The minimum Gasteiger partial charge on any atom is -0.305 e. The fraction of sp³-hybridized carbons (Fsp3) is 0.111. The van der Waals surface area contributed by atoms with Crippen molar-refractivity contribution < 1.29 is 9.18 Å². The molecule has 1 amide bonds. The van der Waals surface area contributed by atoms with Gasteiger partial charge in [-0.2, -0.15) is 5.10 Å². The van der Waals surface area contributed by atoms with Crippen LogP contribution in [0, 0.1) is 12.7 Å². The van der Waals surface area contributed by atoms with Crippen molar-refractivity contribution in [3.05, 3.63) is 81.2 Å². The van der Waals surface area contributed by atoms with Gasteiger partial charge in [0.25, 0.3) is 5.91 Å². The van der Waals surface area contributed by atoms with E-state index in [2.05, 4.69) is 10.4 Å². The Bertz CT molecular complexity index is 923. The number of nitrogens with one attached hydrogen (secondary N) is 1. The Labute approximate surface area is 154 Å². The van der Waals surface area contributed by atoms with Crippen molar-refractivity contribution in [3.8, 4) is 0 Å². The number of hydrogen-bond donors (Lipinski definition) is 1. The molecular weight excluding hydrogens is 364 g/mol. The van der Waals surface area contributed by atoms with Gasteiger partial charge in [0.1, 0.15) is 5.82 Å². The zero-order chi connectivity index (χ0) is 18.0. The molecule has 0 radical (unpaired) electrons. The maximum Gasteiger partial charge on any atom is 0.256 e. The second kappa shape index (κ2) is 7.25. The topological polar surface area (TPSA) is 46.9 Å². The normalized spacial score (nSPS) is 10.7. The van der Waals surface area contributed by atoms with Gasteiger partial charge in [-0.3, -0.25) is 9.48 Å². The van der Waals surface area contributed by atoms with E-state index >= 15 is 0 Å². The van der Waals surface area contributed by atoms with E-state index in [0.29, 0.717) is 28.0 Å². The predicted octanol–water partition coefficient (Wildman–Crippen LogP) is 4.94. The average Bonchev–Trinajstić information content (AvgIpc) is 2.90. The van der Waals surface area contributed by atoms with Crippen LogP contribution in [0.2, 0.25) is 10.0 Å². The zero-order valence-electron chi connectivity index (χ0n) is 13.3. The number of aromatic nitrogens is 2. The highest BCUT2D eigenvalue weighted by Gasteiger charge is 2.11. The third kappa shape index (κ3) is 4.18. The van der Waals surface area contributed by atoms with E-state index < -0.39 is 0 Å². The fourth-order valence-electron chi connectivity index (χ4n) is 2.33. The molecule has 2 aromatic carbocycles. The van der Waals surface area contributed by atoms with Crippen LogP contribution in [0.15, 0.2) is 48.5 Å². The Hall–Kier alpha value is -2.37. The van der Waals surface area contributed by atoms with Gasteiger partial charge in [-0.05, 0) is 48.9 Å². The number of nitrogens with zero attached hydrogens (tertiary/aromatic N) is 2. The van der Waals surface area contributed by atoms with Crippen molar-refractivity contribution in [2.45, 2.75) is 13.5 Å². The summed E-state index contributed by atoms with van der Waals surface area (Å²) in [6.45, 7) is 2.24. The lowest BCUT2D eigenvalue weighted by molar-refractivity contribution is 0.102. The van der Waals surface area contributed by atoms with E-state index in [0.717, 1.165) is 11.3 Å². The molecule has 0 fully saturated rings. The summed E-state index contributed by atoms with van der Waals surface area (Å²) in [5.41, 5.74) is 2.06. The van der Waals surface area contributed by atoms with E-state index in [1.54, 1.807) is 41.1 Å². The molecule has 0 aliphatic heterocycles. The first-order valence-electron chi connectivity index (χ1n) is 7.47. The van der Waals surface area contributed by atoms with Gasteiger partial charge in [0.05, 0.1) is 6.54 Å². The highest BCUT2D eigenvalue weighted by atomic mass is 35.5. The first kappa shape index (κ1) is 17.5. The number of hydrogen-bond acceptors (Lipinski definition) is 2. The molecule has 1 N–H and O–H groups in total. The monoisotopic (exact) mass is 377 g/mol. The Morgan fingerprint density at radius 3 is 2.56 bits per heavy atom. The number of anilines is 1. The smallest absolute Gasteiger partial charge is 0.256 e. The summed E-state index contributed by atoms with van der Waals surface area (Å²) in [5, 5.41) is 8.00. The zero-order valence-corrected chi connectivity index (χ0v) is 14.8. The van der Waals surface area contributed by atoms with E-state index in [9.17, 15) is 9.18 Å². The van der Waals surface area contributed by atoms with Gasteiger partial charge < -0.3 is 5.32 Å². The SMILES string of the molecule is Cc1cc(NC(=O)c2ccc(Cl)cc2)nn1Cc1ccc(F)cc1Cl. The minimum atomic E-state index is -0.387. The summed E-state index contributed by atoms with van der Waals surface area (Å²) in [5.74, 6) is -0.237. The predicted molar refractivity (Wildman–Crippen MR) is 96.9 cm³/mol. The molecule has 0 bridgehead atoms. The van der Waals surface area contributed by atoms with Gasteiger partial charge in [-0.1, -0.05) is 29.3 Å². The quantitative estimate of drug-likeness (QED) is 0.699. The summed E-state index contributed by atoms with van der Waals surface area (Å²) in [6, 6.07) is 12.6. The number of aryl methyl sites for hydroxylation is 1. The number of carbonyl (C=O) groups is 1. The molecule has 0 aliphatic carbocycles. The van der Waals surface area contributed by atoms with Crippen molar-refractivity contribution in [1.29, 1.82) is 0 Å². The van der Waals surface area contributed by atoms with Crippen LogP contribution < -0.4 is 5.32 Å². The second-order valence-electron chi connectivity index (χ2n) is 5.53. The Morgan fingerprint density at radius 2 is 1.88 bits per heavy atom. The minimum absolute atomic E-state index is 0.277. The number of carbonyl (C=O) groups excluding carboxylic acids is 1. The van der Waals surface area contributed by atoms with E-state index in [1.807, 2.05) is 6.92 Å². The van der Waals surface area contributed by atoms with E-state index in [1.165, 1.54) is 12.1 Å². The van der Waals surface area contributed by atoms with E-state index in [4.69, 9.17) is 23.2 Å². The average molecular weight is 378 g/mol. The molecule has 1 aromatic heterocycles. The molecule has 0 aliphatic rings. The number of rotatable bonds is 4. The van der Waals surface area contributed by atoms with Gasteiger partial charge in [0, 0.05) is 27.4 Å². The lowest BCUT2D eigenvalue weighted by Crippen LogP contribution is -2.12. The highest BCUT2D eigenvalue weighted by molar-refractivity contribution is 6.31. The molecule has 0 atom stereocenters. The molecule has 1 heterocycles. The fourth-order valence-corrected chi connectivity index (χ4v) is 2.69. The van der Waals surface area contributed by atoms with Crippen LogP contribution in [-0.4, -0.2) is 15.7 Å². The van der Waals surface area contributed by atoms with Gasteiger partial charge in [-0.15, -0.1) is 0 Å². The van der Waals surface area contributed by atoms with Gasteiger partial charge in [0.15, 0.2) is 5.82 Å². The number of benzene rings is 2. The third-order valence-electron chi connectivity index (χ3n) is 3.66. The van der Waals surface area contributed by atoms with Crippen molar-refractivity contribution in [2.24, 2.45) is 0 Å². The Morgan fingerprint density at radius 1 is 1.16 bits per heavy atom. The lowest BCUT2D eigenvalue weighted by Gasteiger charge is -2.07. The van der Waals surface area contributed by atoms with Crippen molar-refractivity contribution in [2.75, 3.05) is 5.32 Å². The standard InChI is InChI=1S/C18H14Cl2FN3O/c1-11-8-17(22-18(25)12-2-5-14(19)6-3-12)23-24(11)10-13-4-7-15(21)9-16(13)20/h2-9H,10H2,1H3,(H,22,23,25). The highest BCUT2D eigenvalue weighted by Crippen LogP contribution is 2.20. The largest absolute Gasteiger partial charge is 0.305 e. The molecular formula is C18H14Cl2FN3O. The van der Waals surface area contributed by atoms with Crippen molar-refractivity contribution >= 4 is 34.9 Å². The summed E-state index contributed by atoms with van der Waals surface area (Å²) < 4.78 is 14.8. The molecule has 0 spiro atoms. The summed E-state index contributed by atoms with van der Waals surface area (Å²) >= 11 is 11.9.